The van der Waals surface area contributed by atoms with Crippen molar-refractivity contribution >= 4 is 16.9 Å². The van der Waals surface area contributed by atoms with Gasteiger partial charge in [-0.25, -0.2) is 4.99 Å². The average molecular weight is 166 g/mol. The third-order valence-corrected chi connectivity index (χ3v) is 3.08. The fourth-order valence-electron chi connectivity index (χ4n) is 1.18. The first-order valence-corrected chi connectivity index (χ1v) is 4.46. The Morgan fingerprint density at radius 1 is 1.55 bits per heavy atom. The minimum atomic E-state index is 0.981. The molecule has 0 aromatic rings. The molecule has 0 radical (unpaired) electrons. The summed E-state index contributed by atoms with van der Waals surface area (Å²) in [6.07, 6.45) is 3.96. The normalized spacial score (nSPS) is 22.4. The Bertz CT molecular complexity index is 276. The number of allylic oxidation sites excluding steroid dienone is 2. The van der Waals surface area contributed by atoms with Gasteiger partial charge in [0.05, 0.1) is 0 Å². The molecule has 0 aromatic heterocycles. The molecule has 2 aliphatic heterocycles. The first-order chi connectivity index (χ1) is 5.29. The van der Waals surface area contributed by atoms with Crippen molar-refractivity contribution in [3.05, 3.63) is 22.9 Å². The molecule has 0 bridgehead atoms. The van der Waals surface area contributed by atoms with Crippen molar-refractivity contribution in [2.45, 2.75) is 13.8 Å². The molecule has 0 saturated carbocycles. The molecule has 58 valence electrons. The van der Waals surface area contributed by atoms with Gasteiger partial charge >= 0.3 is 0 Å². The Balaban J connectivity index is 2.34. The van der Waals surface area contributed by atoms with Crippen LogP contribution in [0.1, 0.15) is 13.8 Å². The predicted octanol–water partition coefficient (Wildman–Crippen LogP) is 2.17. The molecule has 2 aliphatic rings. The van der Waals surface area contributed by atoms with Gasteiger partial charge in [0.15, 0.2) is 5.17 Å². The molecule has 11 heavy (non-hydrogen) atoms. The third kappa shape index (κ3) is 0.997. The average Bonchev–Trinajstić information content (AvgIpc) is 2.30. The maximum atomic E-state index is 4.28. The molecule has 0 fully saturated rings. The van der Waals surface area contributed by atoms with Crippen molar-refractivity contribution in [1.29, 1.82) is 0 Å². The van der Waals surface area contributed by atoms with Gasteiger partial charge in [-0.15, -0.1) is 0 Å². The number of rotatable bonds is 0. The van der Waals surface area contributed by atoms with Gasteiger partial charge in [0.1, 0.15) is 0 Å². The second-order valence-corrected chi connectivity index (χ2v) is 3.83. The number of thioether (sulfide) groups is 1. The third-order valence-electron chi connectivity index (χ3n) is 1.97. The highest BCUT2D eigenvalue weighted by Gasteiger charge is 2.23. The van der Waals surface area contributed by atoms with E-state index in [-0.39, 0.29) is 0 Å². The molecule has 0 unspecified atom stereocenters. The molecule has 0 saturated heterocycles. The lowest BCUT2D eigenvalue weighted by molar-refractivity contribution is 0.577. The zero-order valence-electron chi connectivity index (χ0n) is 6.66. The van der Waals surface area contributed by atoms with E-state index in [4.69, 9.17) is 0 Å². The number of aliphatic imine (C=N–C) groups is 1. The van der Waals surface area contributed by atoms with E-state index in [9.17, 15) is 0 Å². The lowest BCUT2D eigenvalue weighted by Crippen LogP contribution is -2.24. The van der Waals surface area contributed by atoms with Gasteiger partial charge in [-0.05, 0) is 19.9 Å². The van der Waals surface area contributed by atoms with Crippen molar-refractivity contribution in [1.82, 2.24) is 4.90 Å². The first kappa shape index (κ1) is 6.98. The Kier molecular flexibility index (Phi) is 1.53. The summed E-state index contributed by atoms with van der Waals surface area (Å²) in [5, 5.41) is 1.13. The van der Waals surface area contributed by atoms with E-state index < -0.39 is 0 Å². The summed E-state index contributed by atoms with van der Waals surface area (Å²) in [5.41, 5.74) is 1.35. The SMILES string of the molecule is CC1=C(C)N2CC=CN=C2S1. The van der Waals surface area contributed by atoms with Gasteiger partial charge in [-0.3, -0.25) is 0 Å². The number of hydrogen-bond acceptors (Lipinski definition) is 3. The number of amidine groups is 1. The predicted molar refractivity (Wildman–Crippen MR) is 49.2 cm³/mol. The molecule has 0 N–H and O–H groups in total. The van der Waals surface area contributed by atoms with Crippen molar-refractivity contribution in [3.63, 3.8) is 0 Å². The van der Waals surface area contributed by atoms with Crippen LogP contribution in [0.25, 0.3) is 0 Å². The summed E-state index contributed by atoms with van der Waals surface area (Å²) in [5.74, 6) is 0. The van der Waals surface area contributed by atoms with Gasteiger partial charge in [-0.1, -0.05) is 11.8 Å². The molecular formula is C8H10N2S. The molecular weight excluding hydrogens is 156 g/mol. The van der Waals surface area contributed by atoms with Crippen LogP contribution in [0.15, 0.2) is 27.9 Å². The van der Waals surface area contributed by atoms with Gasteiger partial charge in [-0.2, -0.15) is 0 Å². The van der Waals surface area contributed by atoms with Crippen LogP contribution in [0, 0.1) is 0 Å². The van der Waals surface area contributed by atoms with E-state index in [0.717, 1.165) is 11.7 Å². The van der Waals surface area contributed by atoms with Gasteiger partial charge in [0, 0.05) is 23.3 Å². The monoisotopic (exact) mass is 166 g/mol. The first-order valence-electron chi connectivity index (χ1n) is 3.65. The summed E-state index contributed by atoms with van der Waals surface area (Å²) in [6, 6.07) is 0. The fourth-order valence-corrected chi connectivity index (χ4v) is 2.15. The second kappa shape index (κ2) is 2.41. The maximum Gasteiger partial charge on any atom is 0.172 e. The van der Waals surface area contributed by atoms with E-state index in [2.05, 4.69) is 29.8 Å². The molecule has 2 rings (SSSR count). The van der Waals surface area contributed by atoms with Crippen molar-refractivity contribution < 1.29 is 0 Å². The Hall–Kier alpha value is -0.700. The van der Waals surface area contributed by atoms with E-state index >= 15 is 0 Å². The van der Waals surface area contributed by atoms with Crippen LogP contribution < -0.4 is 0 Å². The van der Waals surface area contributed by atoms with Gasteiger partial charge < -0.3 is 4.90 Å². The number of fused-ring (bicyclic) bond motifs is 1. The molecule has 2 nitrogen and oxygen atoms in total. The van der Waals surface area contributed by atoms with Crippen molar-refractivity contribution in [3.8, 4) is 0 Å². The Morgan fingerprint density at radius 3 is 3.09 bits per heavy atom. The van der Waals surface area contributed by atoms with Gasteiger partial charge in [0.25, 0.3) is 0 Å². The van der Waals surface area contributed by atoms with E-state index in [0.29, 0.717) is 0 Å². The van der Waals surface area contributed by atoms with E-state index in [1.165, 1.54) is 10.6 Å². The molecule has 3 heteroatoms. The lowest BCUT2D eigenvalue weighted by atomic mass is 10.4. The Morgan fingerprint density at radius 2 is 2.36 bits per heavy atom. The molecule has 0 spiro atoms. The molecule has 0 amide bonds. The Labute approximate surface area is 70.7 Å². The van der Waals surface area contributed by atoms with Crippen LogP contribution in [-0.2, 0) is 0 Å². The summed E-state index contributed by atoms with van der Waals surface area (Å²) in [6.45, 7) is 5.26. The van der Waals surface area contributed by atoms with Crippen molar-refractivity contribution in [2.24, 2.45) is 4.99 Å². The highest BCUT2D eigenvalue weighted by molar-refractivity contribution is 8.17. The van der Waals surface area contributed by atoms with Crippen LogP contribution in [0.3, 0.4) is 0 Å². The zero-order chi connectivity index (χ0) is 7.84. The van der Waals surface area contributed by atoms with E-state index in [1.54, 1.807) is 11.8 Å². The van der Waals surface area contributed by atoms with Gasteiger partial charge in [0.2, 0.25) is 0 Å². The second-order valence-electron chi connectivity index (χ2n) is 2.65. The quantitative estimate of drug-likeness (QED) is 0.548. The van der Waals surface area contributed by atoms with Crippen LogP contribution in [0.4, 0.5) is 0 Å². The lowest BCUT2D eigenvalue weighted by Gasteiger charge is -2.19. The van der Waals surface area contributed by atoms with E-state index in [1.807, 2.05) is 6.20 Å². The summed E-state index contributed by atoms with van der Waals surface area (Å²) in [7, 11) is 0. The summed E-state index contributed by atoms with van der Waals surface area (Å²) in [4.78, 5) is 7.88. The molecule has 2 heterocycles. The molecule has 0 aliphatic carbocycles. The highest BCUT2D eigenvalue weighted by atomic mass is 32.2. The van der Waals surface area contributed by atoms with Crippen LogP contribution in [0.5, 0.6) is 0 Å². The number of nitrogens with zero attached hydrogens (tertiary/aromatic N) is 2. The largest absolute Gasteiger partial charge is 0.320 e. The zero-order valence-corrected chi connectivity index (χ0v) is 7.48. The topological polar surface area (TPSA) is 15.6 Å². The minimum absolute atomic E-state index is 0.981. The highest BCUT2D eigenvalue weighted by Crippen LogP contribution is 2.34. The molecule has 0 aromatic carbocycles. The van der Waals surface area contributed by atoms with Crippen LogP contribution in [-0.4, -0.2) is 16.6 Å². The fraction of sp³-hybridized carbons (Fsp3) is 0.375. The van der Waals surface area contributed by atoms with Crippen LogP contribution >= 0.6 is 11.8 Å². The summed E-state index contributed by atoms with van der Waals surface area (Å²) >= 11 is 1.76. The maximum absolute atomic E-state index is 4.28. The summed E-state index contributed by atoms with van der Waals surface area (Å²) < 4.78 is 0. The van der Waals surface area contributed by atoms with Crippen LogP contribution in [0.2, 0.25) is 0 Å². The molecule has 0 atom stereocenters. The minimum Gasteiger partial charge on any atom is -0.320 e. The smallest absolute Gasteiger partial charge is 0.172 e. The number of hydrogen-bond donors (Lipinski definition) is 0. The standard InChI is InChI=1S/C8H10N2S/c1-6-7(2)11-8-9-4-3-5-10(6)8/h3-4H,5H2,1-2H3. The van der Waals surface area contributed by atoms with Crippen molar-refractivity contribution in [2.75, 3.05) is 6.54 Å².